The Bertz CT molecular complexity index is 816. The zero-order valence-electron chi connectivity index (χ0n) is 14.1. The lowest BCUT2D eigenvalue weighted by molar-refractivity contribution is -0.118. The minimum absolute atomic E-state index is 0.0174. The maximum Gasteiger partial charge on any atom is 0.232 e. The predicted octanol–water partition coefficient (Wildman–Crippen LogP) is 3.38. The summed E-state index contributed by atoms with van der Waals surface area (Å²) in [5, 5.41) is -0.0111. The first-order valence-corrected chi connectivity index (χ1v) is 8.24. The number of ether oxygens (including phenoxy) is 4. The van der Waals surface area contributed by atoms with Gasteiger partial charge in [0.1, 0.15) is 27.1 Å². The molecule has 1 aliphatic heterocycles. The van der Waals surface area contributed by atoms with Crippen molar-refractivity contribution in [2.75, 3.05) is 21.3 Å². The second-order valence-corrected chi connectivity index (χ2v) is 6.60. The van der Waals surface area contributed by atoms with Crippen molar-refractivity contribution in [3.63, 3.8) is 0 Å². The molecule has 0 amide bonds. The van der Waals surface area contributed by atoms with Gasteiger partial charge in [-0.2, -0.15) is 0 Å². The fourth-order valence-corrected chi connectivity index (χ4v) is 3.90. The van der Waals surface area contributed by atoms with Crippen LogP contribution in [0, 0.1) is 5.92 Å². The Morgan fingerprint density at radius 1 is 1.12 bits per heavy atom. The summed E-state index contributed by atoms with van der Waals surface area (Å²) in [6.07, 6.45) is 0.0441. The highest BCUT2D eigenvalue weighted by atomic mass is 35.5. The number of carbonyl (C=O) groups excluding carboxylic acids is 2. The van der Waals surface area contributed by atoms with E-state index >= 15 is 0 Å². The summed E-state index contributed by atoms with van der Waals surface area (Å²) in [5.41, 5.74) is -1.39. The summed E-state index contributed by atoms with van der Waals surface area (Å²) in [6, 6.07) is 1.51. The molecule has 8 heteroatoms. The molecule has 0 fully saturated rings. The number of benzene rings is 1. The molecular formula is C17H16Cl2O6. The second kappa shape index (κ2) is 6.11. The highest BCUT2D eigenvalue weighted by molar-refractivity contribution is 6.43. The quantitative estimate of drug-likeness (QED) is 0.792. The monoisotopic (exact) mass is 386 g/mol. The van der Waals surface area contributed by atoms with Gasteiger partial charge in [-0.15, -0.1) is 0 Å². The van der Waals surface area contributed by atoms with Gasteiger partial charge in [0.05, 0.1) is 21.3 Å². The van der Waals surface area contributed by atoms with Crippen LogP contribution in [0.3, 0.4) is 0 Å². The highest BCUT2D eigenvalue weighted by Gasteiger charge is 2.61. The first-order valence-electron chi connectivity index (χ1n) is 7.49. The van der Waals surface area contributed by atoms with Crippen LogP contribution in [-0.4, -0.2) is 38.5 Å². The normalized spacial score (nSPS) is 25.1. The summed E-state index contributed by atoms with van der Waals surface area (Å²) in [4.78, 5) is 25.4. The molecule has 0 aromatic heterocycles. The molecule has 1 aromatic carbocycles. The summed E-state index contributed by atoms with van der Waals surface area (Å²) in [5.74, 6) is -0.563. The molecule has 1 aliphatic carbocycles. The lowest BCUT2D eigenvalue weighted by Gasteiger charge is -2.37. The molecule has 0 saturated carbocycles. The number of rotatable bonds is 3. The number of carbonyl (C=O) groups is 2. The van der Waals surface area contributed by atoms with Crippen LogP contribution >= 0.6 is 23.2 Å². The molecule has 2 atom stereocenters. The number of methoxy groups -OCH3 is 3. The van der Waals surface area contributed by atoms with Gasteiger partial charge in [0, 0.05) is 18.4 Å². The van der Waals surface area contributed by atoms with Gasteiger partial charge in [0.25, 0.3) is 0 Å². The maximum atomic E-state index is 13.3. The van der Waals surface area contributed by atoms with Crippen LogP contribution in [-0.2, 0) is 9.53 Å². The zero-order valence-corrected chi connectivity index (χ0v) is 15.6. The van der Waals surface area contributed by atoms with E-state index in [-0.39, 0.29) is 45.1 Å². The van der Waals surface area contributed by atoms with Gasteiger partial charge in [0.15, 0.2) is 17.3 Å². The Morgan fingerprint density at radius 2 is 1.76 bits per heavy atom. The highest BCUT2D eigenvalue weighted by Crippen LogP contribution is 2.55. The molecule has 1 heterocycles. The van der Waals surface area contributed by atoms with Crippen molar-refractivity contribution in [1.82, 2.24) is 0 Å². The minimum atomic E-state index is -1.56. The molecule has 0 radical (unpaired) electrons. The Morgan fingerprint density at radius 3 is 2.32 bits per heavy atom. The Hall–Kier alpha value is -1.92. The van der Waals surface area contributed by atoms with E-state index in [2.05, 4.69) is 0 Å². The molecule has 3 rings (SSSR count). The van der Waals surface area contributed by atoms with Gasteiger partial charge >= 0.3 is 0 Å². The summed E-state index contributed by atoms with van der Waals surface area (Å²) >= 11 is 12.5. The van der Waals surface area contributed by atoms with Crippen LogP contribution in [0.15, 0.2) is 16.9 Å². The van der Waals surface area contributed by atoms with E-state index < -0.39 is 17.3 Å². The van der Waals surface area contributed by atoms with Crippen molar-refractivity contribution in [3.8, 4) is 17.2 Å². The van der Waals surface area contributed by atoms with E-state index in [1.807, 2.05) is 0 Å². The number of allylic oxidation sites excluding steroid dienone is 1. The van der Waals surface area contributed by atoms with Crippen molar-refractivity contribution in [2.24, 2.45) is 5.92 Å². The molecule has 25 heavy (non-hydrogen) atoms. The Kier molecular flexibility index (Phi) is 4.37. The van der Waals surface area contributed by atoms with Crippen LogP contribution in [0.2, 0.25) is 5.02 Å². The van der Waals surface area contributed by atoms with Crippen molar-refractivity contribution in [2.45, 2.75) is 18.9 Å². The van der Waals surface area contributed by atoms with E-state index in [0.717, 1.165) is 0 Å². The van der Waals surface area contributed by atoms with Crippen molar-refractivity contribution >= 4 is 34.8 Å². The number of halogens is 2. The molecule has 2 aliphatic rings. The standard InChI is InChI=1S/C17H16Cl2O6/c1-7-5-8(20)12(18)16(24-4)17(7)15(21)11-9(22-2)6-10(23-3)13(19)14(11)25-17/h6-7H,5H2,1-4H3. The number of hydrogen-bond acceptors (Lipinski definition) is 6. The lowest BCUT2D eigenvalue weighted by atomic mass is 9.75. The Labute approximate surface area is 154 Å². The molecule has 0 N–H and O–H groups in total. The lowest BCUT2D eigenvalue weighted by Crippen LogP contribution is -2.52. The van der Waals surface area contributed by atoms with Gasteiger partial charge in [0.2, 0.25) is 11.4 Å². The first kappa shape index (κ1) is 17.9. The molecule has 1 aromatic rings. The molecule has 1 spiro atoms. The minimum Gasteiger partial charge on any atom is -0.496 e. The molecule has 6 nitrogen and oxygen atoms in total. The van der Waals surface area contributed by atoms with E-state index in [0.29, 0.717) is 5.75 Å². The third-order valence-electron chi connectivity index (χ3n) is 4.59. The van der Waals surface area contributed by atoms with Crippen molar-refractivity contribution < 1.29 is 28.5 Å². The summed E-state index contributed by atoms with van der Waals surface area (Å²) in [7, 11) is 4.21. The molecule has 134 valence electrons. The van der Waals surface area contributed by atoms with Gasteiger partial charge in [-0.05, 0) is 0 Å². The fraction of sp³-hybridized carbons (Fsp3) is 0.412. The van der Waals surface area contributed by atoms with Crippen molar-refractivity contribution in [3.05, 3.63) is 27.4 Å². The SMILES string of the molecule is COC1=C(Cl)C(=O)CC(C)C12Oc1c(Cl)c(OC)cc(OC)c1C2=O. The average molecular weight is 387 g/mol. The van der Waals surface area contributed by atoms with Gasteiger partial charge in [-0.1, -0.05) is 30.1 Å². The van der Waals surface area contributed by atoms with Gasteiger partial charge < -0.3 is 18.9 Å². The topological polar surface area (TPSA) is 71.1 Å². The fourth-order valence-electron chi connectivity index (χ4n) is 3.34. The van der Waals surface area contributed by atoms with Crippen LogP contribution in [0.4, 0.5) is 0 Å². The summed E-state index contributed by atoms with van der Waals surface area (Å²) < 4.78 is 21.9. The van der Waals surface area contributed by atoms with Gasteiger partial charge in [-0.3, -0.25) is 9.59 Å². The van der Waals surface area contributed by atoms with Gasteiger partial charge in [-0.25, -0.2) is 0 Å². The third-order valence-corrected chi connectivity index (χ3v) is 5.33. The molecule has 2 unspecified atom stereocenters. The van der Waals surface area contributed by atoms with Crippen LogP contribution < -0.4 is 14.2 Å². The maximum absolute atomic E-state index is 13.3. The van der Waals surface area contributed by atoms with Crippen LogP contribution in [0.5, 0.6) is 17.2 Å². The van der Waals surface area contributed by atoms with E-state index in [1.54, 1.807) is 6.92 Å². The molecular weight excluding hydrogens is 371 g/mol. The van der Waals surface area contributed by atoms with E-state index in [1.165, 1.54) is 27.4 Å². The molecule has 0 saturated heterocycles. The average Bonchev–Trinajstić information content (AvgIpc) is 2.90. The second-order valence-electron chi connectivity index (χ2n) is 5.84. The predicted molar refractivity (Wildman–Crippen MR) is 90.9 cm³/mol. The zero-order chi connectivity index (χ0) is 18.5. The number of ketones is 2. The molecule has 0 bridgehead atoms. The van der Waals surface area contributed by atoms with E-state index in [9.17, 15) is 9.59 Å². The number of hydrogen-bond donors (Lipinski definition) is 0. The smallest absolute Gasteiger partial charge is 0.232 e. The first-order chi connectivity index (χ1) is 11.8. The largest absolute Gasteiger partial charge is 0.496 e. The number of fused-ring (bicyclic) bond motifs is 1. The van der Waals surface area contributed by atoms with Crippen LogP contribution in [0.1, 0.15) is 23.7 Å². The number of Topliss-reactive ketones (excluding diaryl/α,β-unsaturated/α-hetero) is 2. The van der Waals surface area contributed by atoms with Crippen LogP contribution in [0.25, 0.3) is 0 Å². The van der Waals surface area contributed by atoms with Crippen molar-refractivity contribution in [1.29, 1.82) is 0 Å². The summed E-state index contributed by atoms with van der Waals surface area (Å²) in [6.45, 7) is 1.72. The Balaban J connectivity index is 2.30. The van der Waals surface area contributed by atoms with E-state index in [4.69, 9.17) is 42.1 Å². The third kappa shape index (κ3) is 2.24.